The number of phenolic OH excluding ortho intramolecular Hbond substituents is 1. The van der Waals surface area contributed by atoms with Crippen molar-refractivity contribution in [3.63, 3.8) is 0 Å². The first-order valence-electron chi connectivity index (χ1n) is 9.33. The predicted octanol–water partition coefficient (Wildman–Crippen LogP) is 5.01. The summed E-state index contributed by atoms with van der Waals surface area (Å²) < 4.78 is 0.536. The Morgan fingerprint density at radius 2 is 1.89 bits per heavy atom. The molecule has 28 heavy (non-hydrogen) atoms. The topological polar surface area (TPSA) is 56.1 Å². The average molecular weight is 465 g/mol. The van der Waals surface area contributed by atoms with Gasteiger partial charge < -0.3 is 14.9 Å². The van der Waals surface area contributed by atoms with Crippen LogP contribution in [0.5, 0.6) is 5.75 Å². The lowest BCUT2D eigenvalue weighted by Gasteiger charge is -2.36. The molecule has 0 aliphatic carbocycles. The fraction of sp³-hybridized carbons (Fsp3) is 0.333. The van der Waals surface area contributed by atoms with E-state index in [1.165, 1.54) is 0 Å². The summed E-state index contributed by atoms with van der Waals surface area (Å²) in [5.74, 6) is 0.364. The Balaban J connectivity index is 1.62. The van der Waals surface area contributed by atoms with Crippen molar-refractivity contribution in [1.82, 2.24) is 4.90 Å². The third kappa shape index (κ3) is 5.06. The van der Waals surface area contributed by atoms with Gasteiger partial charge in [-0.3, -0.25) is 9.79 Å². The van der Waals surface area contributed by atoms with Crippen LogP contribution in [0.3, 0.4) is 0 Å². The first-order valence-corrected chi connectivity index (χ1v) is 10.5. The molecule has 148 valence electrons. The molecule has 1 amide bonds. The van der Waals surface area contributed by atoms with Crippen molar-refractivity contribution in [2.24, 2.45) is 4.99 Å². The van der Waals surface area contributed by atoms with E-state index in [1.807, 2.05) is 36.1 Å². The monoisotopic (exact) mass is 463 g/mol. The number of carbonyl (C=O) groups is 1. The second-order valence-electron chi connectivity index (χ2n) is 6.72. The average Bonchev–Trinajstić information content (AvgIpc) is 2.70. The first-order chi connectivity index (χ1) is 13.5. The molecule has 1 N–H and O–H groups in total. The van der Waals surface area contributed by atoms with Gasteiger partial charge in [-0.25, -0.2) is 0 Å². The number of rotatable bonds is 5. The van der Waals surface area contributed by atoms with Gasteiger partial charge in [0.2, 0.25) is 5.91 Å². The maximum Gasteiger partial charge on any atom is 0.222 e. The van der Waals surface area contributed by atoms with Crippen molar-refractivity contribution in [3.05, 3.63) is 51.5 Å². The Kier molecular flexibility index (Phi) is 6.97. The molecule has 7 heteroatoms. The lowest BCUT2D eigenvalue weighted by atomic mass is 10.2. The molecular formula is C21H23BrClN3O2. The quantitative estimate of drug-likeness (QED) is 0.633. The third-order valence-electron chi connectivity index (χ3n) is 4.72. The number of piperazine rings is 1. The highest BCUT2D eigenvalue weighted by atomic mass is 79.9. The molecule has 2 aromatic carbocycles. The number of hydrogen-bond acceptors (Lipinski definition) is 4. The molecule has 0 spiro atoms. The van der Waals surface area contributed by atoms with Crippen LogP contribution in [0.25, 0.3) is 0 Å². The van der Waals surface area contributed by atoms with E-state index in [-0.39, 0.29) is 11.7 Å². The van der Waals surface area contributed by atoms with Crippen LogP contribution in [0.4, 0.5) is 11.4 Å². The zero-order valence-electron chi connectivity index (χ0n) is 15.7. The van der Waals surface area contributed by atoms with Crippen LogP contribution in [0.15, 0.2) is 45.9 Å². The van der Waals surface area contributed by atoms with Crippen LogP contribution < -0.4 is 4.90 Å². The van der Waals surface area contributed by atoms with Gasteiger partial charge >= 0.3 is 0 Å². The Bertz CT molecular complexity index is 863. The number of carbonyl (C=O) groups excluding carboxylic acids is 1. The second kappa shape index (κ2) is 9.43. The summed E-state index contributed by atoms with van der Waals surface area (Å²) in [5, 5.41) is 10.6. The lowest BCUT2D eigenvalue weighted by Crippen LogP contribution is -2.48. The fourth-order valence-corrected chi connectivity index (χ4v) is 4.00. The number of aromatic hydroxyl groups is 1. The van der Waals surface area contributed by atoms with Gasteiger partial charge in [0.15, 0.2) is 0 Å². The predicted molar refractivity (Wildman–Crippen MR) is 118 cm³/mol. The molecule has 0 unspecified atom stereocenters. The van der Waals surface area contributed by atoms with Crippen molar-refractivity contribution in [2.75, 3.05) is 31.1 Å². The largest absolute Gasteiger partial charge is 0.506 e. The van der Waals surface area contributed by atoms with Crippen molar-refractivity contribution < 1.29 is 9.90 Å². The molecule has 1 aliphatic heterocycles. The zero-order chi connectivity index (χ0) is 20.1. The normalized spacial score (nSPS) is 14.7. The number of anilines is 1. The number of aliphatic imine (C=N–C) groups is 1. The number of amides is 1. The lowest BCUT2D eigenvalue weighted by molar-refractivity contribution is -0.131. The summed E-state index contributed by atoms with van der Waals surface area (Å²) >= 11 is 9.30. The van der Waals surface area contributed by atoms with Gasteiger partial charge in [0.1, 0.15) is 5.75 Å². The van der Waals surface area contributed by atoms with E-state index in [2.05, 4.69) is 25.8 Å². The molecule has 0 radical (unpaired) electrons. The summed E-state index contributed by atoms with van der Waals surface area (Å²) in [6.07, 6.45) is 3.12. The van der Waals surface area contributed by atoms with Crippen molar-refractivity contribution >= 4 is 51.0 Å². The highest BCUT2D eigenvalue weighted by molar-refractivity contribution is 9.10. The molecule has 3 rings (SSSR count). The van der Waals surface area contributed by atoms with Crippen molar-refractivity contribution in [1.29, 1.82) is 0 Å². The fourth-order valence-electron chi connectivity index (χ4n) is 3.16. The summed E-state index contributed by atoms with van der Waals surface area (Å²) in [4.78, 5) is 20.7. The van der Waals surface area contributed by atoms with Crippen LogP contribution >= 0.6 is 27.5 Å². The number of hydrogen-bond donors (Lipinski definition) is 1. The third-order valence-corrected chi connectivity index (χ3v) is 5.54. The Hall–Kier alpha value is -2.05. The van der Waals surface area contributed by atoms with E-state index in [0.717, 1.165) is 44.0 Å². The van der Waals surface area contributed by atoms with E-state index in [9.17, 15) is 9.90 Å². The van der Waals surface area contributed by atoms with Crippen LogP contribution in [-0.4, -0.2) is 48.3 Å². The van der Waals surface area contributed by atoms with Gasteiger partial charge in [0, 0.05) is 55.1 Å². The summed E-state index contributed by atoms with van der Waals surface area (Å²) in [5.41, 5.74) is 2.46. The maximum absolute atomic E-state index is 12.0. The molecule has 1 fully saturated rings. The van der Waals surface area contributed by atoms with Crippen LogP contribution in [0, 0.1) is 0 Å². The Morgan fingerprint density at radius 1 is 1.21 bits per heavy atom. The SMILES string of the molecule is CCCC(=O)N1CCN(c2ccc(N=Cc3cc(Cl)cc(Br)c3O)cc2)CC1. The van der Waals surface area contributed by atoms with Crippen LogP contribution in [-0.2, 0) is 4.79 Å². The van der Waals surface area contributed by atoms with E-state index >= 15 is 0 Å². The summed E-state index contributed by atoms with van der Waals surface area (Å²) in [6, 6.07) is 11.2. The van der Waals surface area contributed by atoms with E-state index in [1.54, 1.807) is 18.3 Å². The van der Waals surface area contributed by atoms with Crippen LogP contribution in [0.1, 0.15) is 25.3 Å². The van der Waals surface area contributed by atoms with Gasteiger partial charge in [-0.2, -0.15) is 0 Å². The molecule has 2 aromatic rings. The maximum atomic E-state index is 12.0. The van der Waals surface area contributed by atoms with Gasteiger partial charge in [-0.05, 0) is 58.7 Å². The van der Waals surface area contributed by atoms with E-state index in [4.69, 9.17) is 11.6 Å². The standard InChI is InChI=1S/C21H23BrClN3O2/c1-2-3-20(27)26-10-8-25(9-11-26)18-6-4-17(5-7-18)24-14-15-12-16(23)13-19(22)21(15)28/h4-7,12-14,28H,2-3,8-11H2,1H3. The molecule has 1 heterocycles. The van der Waals surface area contributed by atoms with Gasteiger partial charge in [-0.1, -0.05) is 18.5 Å². The molecule has 1 saturated heterocycles. The van der Waals surface area contributed by atoms with Crippen molar-refractivity contribution in [3.8, 4) is 5.75 Å². The molecule has 0 atom stereocenters. The van der Waals surface area contributed by atoms with Gasteiger partial charge in [-0.15, -0.1) is 0 Å². The van der Waals surface area contributed by atoms with E-state index in [0.29, 0.717) is 21.5 Å². The highest BCUT2D eigenvalue weighted by Crippen LogP contribution is 2.31. The summed E-state index contributed by atoms with van der Waals surface area (Å²) in [6.45, 7) is 5.24. The smallest absolute Gasteiger partial charge is 0.222 e. The number of nitrogens with zero attached hydrogens (tertiary/aromatic N) is 3. The van der Waals surface area contributed by atoms with Crippen LogP contribution in [0.2, 0.25) is 5.02 Å². The Morgan fingerprint density at radius 3 is 2.54 bits per heavy atom. The second-order valence-corrected chi connectivity index (χ2v) is 8.01. The molecule has 1 aliphatic rings. The minimum absolute atomic E-state index is 0.111. The number of halogens is 2. The van der Waals surface area contributed by atoms with Crippen molar-refractivity contribution in [2.45, 2.75) is 19.8 Å². The minimum Gasteiger partial charge on any atom is -0.506 e. The molecule has 0 bridgehead atoms. The minimum atomic E-state index is 0.111. The molecular weight excluding hydrogens is 442 g/mol. The zero-order valence-corrected chi connectivity index (χ0v) is 18.1. The number of benzene rings is 2. The first kappa shape index (κ1) is 20.7. The molecule has 0 aromatic heterocycles. The highest BCUT2D eigenvalue weighted by Gasteiger charge is 2.20. The molecule has 0 saturated carbocycles. The Labute approximate surface area is 178 Å². The number of phenols is 1. The summed E-state index contributed by atoms with van der Waals surface area (Å²) in [7, 11) is 0. The molecule has 5 nitrogen and oxygen atoms in total. The van der Waals surface area contributed by atoms with Gasteiger partial charge in [0.25, 0.3) is 0 Å². The van der Waals surface area contributed by atoms with Gasteiger partial charge in [0.05, 0.1) is 10.2 Å². The van der Waals surface area contributed by atoms with E-state index < -0.39 is 0 Å².